The Labute approximate surface area is 249 Å². The minimum Gasteiger partial charge on any atom is -0.628 e. The summed E-state index contributed by atoms with van der Waals surface area (Å²) in [5, 5.41) is 6.16. The van der Waals surface area contributed by atoms with Crippen molar-refractivity contribution in [1.82, 2.24) is 0 Å². The van der Waals surface area contributed by atoms with Crippen molar-refractivity contribution < 1.29 is 18.9 Å². The molecule has 0 heterocycles. The molecule has 0 spiro atoms. The zero-order chi connectivity index (χ0) is 26.4. The Kier molecular flexibility index (Phi) is 8.49. The molecular weight excluding hydrogens is 477 g/mol. The fourth-order valence-corrected chi connectivity index (χ4v) is 5.71. The summed E-state index contributed by atoms with van der Waals surface area (Å²) < 4.78 is 0. The van der Waals surface area contributed by atoms with E-state index in [1.165, 1.54) is 0 Å². The maximum Gasteiger partial charge on any atom is 1.00 e. The topological polar surface area (TPSA) is 14.1 Å². The summed E-state index contributed by atoms with van der Waals surface area (Å²) in [7, 11) is 0. The van der Waals surface area contributed by atoms with Crippen molar-refractivity contribution in [1.29, 1.82) is 0 Å². The number of hydrogen-bond acceptors (Lipinski definition) is 0. The van der Waals surface area contributed by atoms with Gasteiger partial charge in [-0.2, -0.15) is 0 Å². The molecule has 188 valence electrons. The molecule has 40 heavy (non-hydrogen) atoms. The average molecular weight is 508 g/mol. The maximum absolute atomic E-state index is 6.16. The van der Waals surface area contributed by atoms with Crippen LogP contribution in [0.25, 0.3) is 5.32 Å². The van der Waals surface area contributed by atoms with Crippen LogP contribution in [-0.2, 0) is 11.1 Å². The normalized spacial score (nSPS) is 11.4. The van der Waals surface area contributed by atoms with Gasteiger partial charge in [0.1, 0.15) is 0 Å². The Balaban J connectivity index is 0.00000323. The monoisotopic (exact) mass is 507 g/mol. The van der Waals surface area contributed by atoms with Crippen molar-refractivity contribution in [3.05, 3.63) is 221 Å². The summed E-state index contributed by atoms with van der Waals surface area (Å²) in [6.07, 6.45) is 0. The fraction of sp³-hybridized carbons (Fsp3) is 0.0526. The standard InChI is InChI=1S/C38H30N.Li/c1-7-19-31(20-8-1)37(32-21-9-2-10-22-32,33-23-11-3-12-24-33)39-38(34-25-13-4-14-26-34,35-27-15-5-16-28-35)36-29-17-6-18-30-36;/h1-30H;/q-1;+1. The van der Waals surface area contributed by atoms with E-state index in [4.69, 9.17) is 5.32 Å². The van der Waals surface area contributed by atoms with E-state index in [9.17, 15) is 0 Å². The predicted octanol–water partition coefficient (Wildman–Crippen LogP) is 6.35. The smallest absolute Gasteiger partial charge is 0.628 e. The van der Waals surface area contributed by atoms with Gasteiger partial charge in [-0.15, -0.1) is 0 Å². The minimum atomic E-state index is -0.800. The van der Waals surface area contributed by atoms with Gasteiger partial charge in [0.2, 0.25) is 0 Å². The molecule has 0 amide bonds. The Morgan fingerprint density at radius 3 is 0.550 bits per heavy atom. The number of rotatable bonds is 8. The molecule has 0 saturated carbocycles. The molecular formula is C38H30LiN. The van der Waals surface area contributed by atoms with E-state index in [1.54, 1.807) is 0 Å². The first kappa shape index (κ1) is 27.4. The summed E-state index contributed by atoms with van der Waals surface area (Å²) in [6, 6.07) is 64.2. The molecule has 6 aromatic rings. The first-order valence-corrected chi connectivity index (χ1v) is 13.4. The van der Waals surface area contributed by atoms with E-state index >= 15 is 0 Å². The minimum absolute atomic E-state index is 0. The van der Waals surface area contributed by atoms with E-state index in [0.717, 1.165) is 33.4 Å². The van der Waals surface area contributed by atoms with Crippen LogP contribution in [0.4, 0.5) is 0 Å². The van der Waals surface area contributed by atoms with Crippen LogP contribution in [-0.4, -0.2) is 0 Å². The second-order valence-electron chi connectivity index (χ2n) is 9.73. The second-order valence-corrected chi connectivity index (χ2v) is 9.73. The molecule has 0 unspecified atom stereocenters. The van der Waals surface area contributed by atoms with E-state index < -0.39 is 11.1 Å². The third kappa shape index (κ3) is 4.97. The molecule has 0 aliphatic carbocycles. The Hall–Kier alpha value is -4.12. The Morgan fingerprint density at radius 2 is 0.400 bits per heavy atom. The molecule has 1 nitrogen and oxygen atoms in total. The van der Waals surface area contributed by atoms with Crippen molar-refractivity contribution >= 4 is 0 Å². The predicted molar refractivity (Wildman–Crippen MR) is 162 cm³/mol. The van der Waals surface area contributed by atoms with Gasteiger partial charge >= 0.3 is 18.9 Å². The fourth-order valence-electron chi connectivity index (χ4n) is 5.71. The van der Waals surface area contributed by atoms with Gasteiger partial charge in [-0.1, -0.05) is 215 Å². The van der Waals surface area contributed by atoms with Crippen LogP contribution in [0.1, 0.15) is 33.4 Å². The van der Waals surface area contributed by atoms with Gasteiger partial charge in [0.05, 0.1) is 0 Å². The summed E-state index contributed by atoms with van der Waals surface area (Å²) in [6.45, 7) is 0. The third-order valence-corrected chi connectivity index (χ3v) is 7.48. The van der Waals surface area contributed by atoms with Gasteiger partial charge < -0.3 is 5.32 Å². The average Bonchev–Trinajstić information content (AvgIpc) is 3.04. The Bertz CT molecular complexity index is 1270. The van der Waals surface area contributed by atoms with Crippen LogP contribution < -0.4 is 18.9 Å². The van der Waals surface area contributed by atoms with Crippen molar-refractivity contribution in [2.75, 3.05) is 0 Å². The molecule has 6 aromatic carbocycles. The molecule has 0 saturated heterocycles. The van der Waals surface area contributed by atoms with Gasteiger partial charge in [-0.25, -0.2) is 0 Å². The van der Waals surface area contributed by atoms with Crippen LogP contribution in [0.5, 0.6) is 0 Å². The summed E-state index contributed by atoms with van der Waals surface area (Å²) in [4.78, 5) is 0. The van der Waals surface area contributed by atoms with E-state index in [2.05, 4.69) is 182 Å². The molecule has 0 aromatic heterocycles. The summed E-state index contributed by atoms with van der Waals surface area (Å²) in [5.41, 5.74) is 5.12. The number of hydrogen-bond donors (Lipinski definition) is 0. The zero-order valence-electron chi connectivity index (χ0n) is 22.8. The summed E-state index contributed by atoms with van der Waals surface area (Å²) >= 11 is 0. The van der Waals surface area contributed by atoms with E-state index in [0.29, 0.717) is 0 Å². The number of nitrogens with zero attached hydrogens (tertiary/aromatic N) is 1. The molecule has 6 rings (SSSR count). The molecule has 0 N–H and O–H groups in total. The first-order chi connectivity index (χ1) is 19.3. The molecule has 2 heteroatoms. The van der Waals surface area contributed by atoms with Gasteiger partial charge in [-0.3, -0.25) is 0 Å². The maximum atomic E-state index is 6.16. The van der Waals surface area contributed by atoms with Crippen LogP contribution in [0.15, 0.2) is 182 Å². The third-order valence-electron chi connectivity index (χ3n) is 7.48. The van der Waals surface area contributed by atoms with Crippen molar-refractivity contribution in [2.24, 2.45) is 0 Å². The van der Waals surface area contributed by atoms with Gasteiger partial charge in [-0.05, 0) is 11.1 Å². The molecule has 0 radical (unpaired) electrons. The van der Waals surface area contributed by atoms with Crippen LogP contribution in [0, 0.1) is 0 Å². The largest absolute Gasteiger partial charge is 1.00 e. The van der Waals surface area contributed by atoms with Gasteiger partial charge in [0.25, 0.3) is 0 Å². The van der Waals surface area contributed by atoms with Gasteiger partial charge in [0, 0.05) is 0 Å². The molecule has 0 bridgehead atoms. The van der Waals surface area contributed by atoms with Crippen LogP contribution in [0.3, 0.4) is 0 Å². The van der Waals surface area contributed by atoms with E-state index in [-0.39, 0.29) is 18.9 Å². The molecule has 0 aliphatic rings. The van der Waals surface area contributed by atoms with Crippen molar-refractivity contribution in [3.8, 4) is 0 Å². The van der Waals surface area contributed by atoms with Gasteiger partial charge in [0.15, 0.2) is 0 Å². The zero-order valence-corrected chi connectivity index (χ0v) is 22.8. The molecule has 0 atom stereocenters. The van der Waals surface area contributed by atoms with E-state index in [1.807, 2.05) is 0 Å². The number of benzene rings is 6. The SMILES string of the molecule is [Li+].c1ccc(C([N-]C(c2ccccc2)(c2ccccc2)c2ccccc2)(c2ccccc2)c2ccccc2)cc1. The Morgan fingerprint density at radius 1 is 0.250 bits per heavy atom. The molecule has 0 aliphatic heterocycles. The quantitative estimate of drug-likeness (QED) is 0.168. The van der Waals surface area contributed by atoms with Crippen molar-refractivity contribution in [2.45, 2.75) is 11.1 Å². The first-order valence-electron chi connectivity index (χ1n) is 13.4. The second kappa shape index (κ2) is 12.4. The van der Waals surface area contributed by atoms with Crippen LogP contribution in [0.2, 0.25) is 0 Å². The molecule has 0 fully saturated rings. The van der Waals surface area contributed by atoms with Crippen molar-refractivity contribution in [3.63, 3.8) is 0 Å². The summed E-state index contributed by atoms with van der Waals surface area (Å²) in [5.74, 6) is 0. The van der Waals surface area contributed by atoms with Crippen LogP contribution >= 0.6 is 0 Å².